The fourth-order valence-electron chi connectivity index (χ4n) is 7.40. The van der Waals surface area contributed by atoms with E-state index in [1.807, 2.05) is 110 Å². The van der Waals surface area contributed by atoms with Crippen LogP contribution in [0.25, 0.3) is 44.4 Å². The van der Waals surface area contributed by atoms with Gasteiger partial charge in [0.05, 0.1) is 16.7 Å². The third-order valence-corrected chi connectivity index (χ3v) is 9.71. The van der Waals surface area contributed by atoms with Gasteiger partial charge in [0, 0.05) is 51.8 Å². The van der Waals surface area contributed by atoms with Crippen LogP contribution in [0.15, 0.2) is 132 Å². The van der Waals surface area contributed by atoms with Crippen LogP contribution in [0.3, 0.4) is 0 Å². The number of imidazole rings is 1. The minimum Gasteiger partial charge on any atom is -0.456 e. The SMILES string of the molecule is Cn1c(-c2cccc(C(F)c3cccc(N4c5ccc6c(oc7ccccc76)c5C(C)(C)c5cccnc54)c3)c2)nc2ccccc21. The Bertz CT molecular complexity index is 2510. The largest absolute Gasteiger partial charge is 0.456 e. The molecular formula is C41H31FN4O. The summed E-state index contributed by atoms with van der Waals surface area (Å²) in [6.45, 7) is 4.45. The fraction of sp³-hybridized carbons (Fsp3) is 0.122. The molecule has 0 radical (unpaired) electrons. The minimum absolute atomic E-state index is 0.390. The first-order valence-corrected chi connectivity index (χ1v) is 15.9. The first-order chi connectivity index (χ1) is 22.9. The Kier molecular flexibility index (Phi) is 5.94. The lowest BCUT2D eigenvalue weighted by Crippen LogP contribution is -2.31. The fourth-order valence-corrected chi connectivity index (χ4v) is 7.40. The molecule has 0 fully saturated rings. The summed E-state index contributed by atoms with van der Waals surface area (Å²) >= 11 is 0. The molecule has 5 aromatic carbocycles. The highest BCUT2D eigenvalue weighted by Crippen LogP contribution is 2.54. The Labute approximate surface area is 271 Å². The Morgan fingerprint density at radius 2 is 1.55 bits per heavy atom. The summed E-state index contributed by atoms with van der Waals surface area (Å²) < 4.78 is 25.2. The van der Waals surface area contributed by atoms with E-state index in [0.717, 1.165) is 72.7 Å². The van der Waals surface area contributed by atoms with E-state index in [2.05, 4.69) is 47.6 Å². The van der Waals surface area contributed by atoms with Gasteiger partial charge in [-0.25, -0.2) is 14.4 Å². The molecule has 0 N–H and O–H groups in total. The quantitative estimate of drug-likeness (QED) is 0.198. The van der Waals surface area contributed by atoms with Crippen molar-refractivity contribution in [3.8, 4) is 11.4 Å². The number of para-hydroxylation sites is 3. The molecular weight excluding hydrogens is 583 g/mol. The zero-order valence-electron chi connectivity index (χ0n) is 26.3. The van der Waals surface area contributed by atoms with E-state index in [-0.39, 0.29) is 5.41 Å². The number of anilines is 3. The molecule has 0 amide bonds. The molecule has 5 nitrogen and oxygen atoms in total. The predicted octanol–water partition coefficient (Wildman–Crippen LogP) is 10.7. The summed E-state index contributed by atoms with van der Waals surface area (Å²) in [4.78, 5) is 11.9. The van der Waals surface area contributed by atoms with Gasteiger partial charge in [0.1, 0.15) is 22.8 Å². The van der Waals surface area contributed by atoms with Crippen LogP contribution in [0, 0.1) is 0 Å². The van der Waals surface area contributed by atoms with Crippen molar-refractivity contribution in [2.75, 3.05) is 4.90 Å². The molecule has 4 heterocycles. The molecule has 0 saturated heterocycles. The van der Waals surface area contributed by atoms with Crippen LogP contribution in [-0.2, 0) is 12.5 Å². The van der Waals surface area contributed by atoms with Crippen LogP contribution in [0.4, 0.5) is 21.6 Å². The van der Waals surface area contributed by atoms with Crippen molar-refractivity contribution in [2.45, 2.75) is 25.4 Å². The molecule has 0 spiro atoms. The number of furan rings is 1. The van der Waals surface area contributed by atoms with Crippen LogP contribution in [0.1, 0.15) is 42.3 Å². The van der Waals surface area contributed by atoms with Gasteiger partial charge in [0.2, 0.25) is 0 Å². The first kappa shape index (κ1) is 27.6. The topological polar surface area (TPSA) is 47.1 Å². The van der Waals surface area contributed by atoms with Gasteiger partial charge < -0.3 is 8.98 Å². The van der Waals surface area contributed by atoms with Crippen molar-refractivity contribution in [3.63, 3.8) is 0 Å². The number of hydrogen-bond acceptors (Lipinski definition) is 4. The summed E-state index contributed by atoms with van der Waals surface area (Å²) in [6.07, 6.45) is 0.479. The molecule has 47 heavy (non-hydrogen) atoms. The zero-order chi connectivity index (χ0) is 31.9. The predicted molar refractivity (Wildman–Crippen MR) is 187 cm³/mol. The normalized spacial score (nSPS) is 14.4. The highest BCUT2D eigenvalue weighted by molar-refractivity contribution is 6.09. The zero-order valence-corrected chi connectivity index (χ0v) is 26.3. The summed E-state index contributed by atoms with van der Waals surface area (Å²) in [6, 6.07) is 40.0. The maximum Gasteiger partial charge on any atom is 0.150 e. The maximum atomic E-state index is 16.6. The number of fused-ring (bicyclic) bond motifs is 7. The monoisotopic (exact) mass is 614 g/mol. The Morgan fingerprint density at radius 1 is 0.766 bits per heavy atom. The molecule has 0 aliphatic carbocycles. The third-order valence-electron chi connectivity index (χ3n) is 9.71. The van der Waals surface area contributed by atoms with Crippen LogP contribution in [0.5, 0.6) is 0 Å². The highest BCUT2D eigenvalue weighted by atomic mass is 19.1. The standard InChI is InChI=1S/C41H31FN4O/c1-41(2)31-16-10-22-43-40(31)46(34-21-20-30-29-15-4-7-19-35(29)47-38(30)36(34)41)28-14-9-12-26(24-28)37(42)25-11-8-13-27(23-25)39-44-32-17-5-6-18-33(32)45(39)3/h4-24,37H,1-3H3. The Morgan fingerprint density at radius 3 is 2.43 bits per heavy atom. The van der Waals surface area contributed by atoms with Gasteiger partial charge >= 0.3 is 0 Å². The summed E-state index contributed by atoms with van der Waals surface area (Å²) in [5.74, 6) is 1.64. The number of aryl methyl sites for hydroxylation is 1. The van der Waals surface area contributed by atoms with E-state index in [1.54, 1.807) is 0 Å². The van der Waals surface area contributed by atoms with Gasteiger partial charge in [-0.3, -0.25) is 4.90 Å². The molecule has 1 unspecified atom stereocenters. The summed E-state index contributed by atoms with van der Waals surface area (Å²) in [5, 5.41) is 2.17. The lowest BCUT2D eigenvalue weighted by Gasteiger charge is -2.40. The molecule has 0 bridgehead atoms. The van der Waals surface area contributed by atoms with Crippen molar-refractivity contribution in [1.29, 1.82) is 0 Å². The average Bonchev–Trinajstić information content (AvgIpc) is 3.65. The summed E-state index contributed by atoms with van der Waals surface area (Å²) in [5.41, 5.74) is 9.29. The lowest BCUT2D eigenvalue weighted by atomic mass is 9.74. The van der Waals surface area contributed by atoms with Gasteiger partial charge in [0.25, 0.3) is 0 Å². The van der Waals surface area contributed by atoms with Crippen LogP contribution in [-0.4, -0.2) is 14.5 Å². The number of benzene rings is 5. The van der Waals surface area contributed by atoms with Crippen LogP contribution >= 0.6 is 0 Å². The molecule has 3 aromatic heterocycles. The van der Waals surface area contributed by atoms with Gasteiger partial charge in [-0.1, -0.05) is 80.6 Å². The number of hydrogen-bond donors (Lipinski definition) is 0. The molecule has 6 heteroatoms. The third kappa shape index (κ3) is 4.07. The Balaban J connectivity index is 1.17. The molecule has 9 rings (SSSR count). The smallest absolute Gasteiger partial charge is 0.150 e. The molecule has 1 aliphatic heterocycles. The molecule has 1 aliphatic rings. The van der Waals surface area contributed by atoms with Gasteiger partial charge in [0.15, 0.2) is 6.17 Å². The van der Waals surface area contributed by atoms with E-state index in [9.17, 15) is 0 Å². The second-order valence-electron chi connectivity index (χ2n) is 12.8. The number of pyridine rings is 1. The number of alkyl halides is 1. The lowest BCUT2D eigenvalue weighted by molar-refractivity contribution is 0.402. The van der Waals surface area contributed by atoms with Gasteiger partial charge in [-0.2, -0.15) is 0 Å². The van der Waals surface area contributed by atoms with E-state index in [1.165, 1.54) is 0 Å². The number of aromatic nitrogens is 3. The van der Waals surface area contributed by atoms with Crippen molar-refractivity contribution in [3.05, 3.63) is 150 Å². The second kappa shape index (κ2) is 10.1. The first-order valence-electron chi connectivity index (χ1n) is 15.9. The molecule has 0 saturated carbocycles. The van der Waals surface area contributed by atoms with E-state index >= 15 is 4.39 Å². The van der Waals surface area contributed by atoms with E-state index in [4.69, 9.17) is 14.4 Å². The maximum absolute atomic E-state index is 16.6. The van der Waals surface area contributed by atoms with Crippen molar-refractivity contribution in [2.24, 2.45) is 7.05 Å². The van der Waals surface area contributed by atoms with Crippen molar-refractivity contribution >= 4 is 50.2 Å². The number of nitrogens with zero attached hydrogens (tertiary/aromatic N) is 4. The van der Waals surface area contributed by atoms with E-state index < -0.39 is 6.17 Å². The molecule has 228 valence electrons. The number of halogens is 1. The molecule has 1 atom stereocenters. The van der Waals surface area contributed by atoms with Crippen molar-refractivity contribution in [1.82, 2.24) is 14.5 Å². The minimum atomic E-state index is -1.34. The highest BCUT2D eigenvalue weighted by Gasteiger charge is 2.40. The van der Waals surface area contributed by atoms with Crippen LogP contribution < -0.4 is 4.90 Å². The molecule has 8 aromatic rings. The summed E-state index contributed by atoms with van der Waals surface area (Å²) in [7, 11) is 2.00. The number of rotatable bonds is 4. The Hall–Kier alpha value is -5.75. The van der Waals surface area contributed by atoms with Crippen molar-refractivity contribution < 1.29 is 8.81 Å². The van der Waals surface area contributed by atoms with Gasteiger partial charge in [-0.05, 0) is 65.7 Å². The average molecular weight is 615 g/mol. The second-order valence-corrected chi connectivity index (χ2v) is 12.8. The van der Waals surface area contributed by atoms with Gasteiger partial charge in [-0.15, -0.1) is 0 Å². The van der Waals surface area contributed by atoms with Crippen LogP contribution in [0.2, 0.25) is 0 Å². The van der Waals surface area contributed by atoms with E-state index in [0.29, 0.717) is 11.1 Å².